The normalized spacial score (nSPS) is 10.2. The Kier molecular flexibility index (Phi) is 6.57. The fraction of sp³-hybridized carbons (Fsp3) is 0.235. The van der Waals surface area contributed by atoms with Gasteiger partial charge in [-0.3, -0.25) is 4.79 Å². The topological polar surface area (TPSA) is 70.7 Å². The minimum absolute atomic E-state index is 0.192. The molecule has 1 aromatic carbocycles. The van der Waals surface area contributed by atoms with Gasteiger partial charge in [0.05, 0.1) is 17.6 Å². The summed E-state index contributed by atoms with van der Waals surface area (Å²) in [6.07, 6.45) is 0. The molecule has 0 bridgehead atoms. The highest BCUT2D eigenvalue weighted by Crippen LogP contribution is 2.34. The third-order valence-corrected chi connectivity index (χ3v) is 5.12. The molecular formula is C17H18ClN3O3S2. The maximum absolute atomic E-state index is 12.3. The van der Waals surface area contributed by atoms with Gasteiger partial charge in [0.15, 0.2) is 5.11 Å². The van der Waals surface area contributed by atoms with Crippen LogP contribution in [-0.4, -0.2) is 43.1 Å². The lowest BCUT2D eigenvalue weighted by atomic mass is 10.1. The van der Waals surface area contributed by atoms with E-state index < -0.39 is 5.97 Å². The van der Waals surface area contributed by atoms with Gasteiger partial charge in [-0.1, -0.05) is 11.6 Å². The summed E-state index contributed by atoms with van der Waals surface area (Å²) in [5.74, 6) is -0.726. The van der Waals surface area contributed by atoms with Gasteiger partial charge in [0.1, 0.15) is 5.00 Å². The van der Waals surface area contributed by atoms with Crippen LogP contribution in [0.25, 0.3) is 0 Å². The van der Waals surface area contributed by atoms with E-state index in [1.165, 1.54) is 12.0 Å². The Morgan fingerprint density at radius 3 is 2.35 bits per heavy atom. The van der Waals surface area contributed by atoms with Crippen molar-refractivity contribution in [2.24, 2.45) is 0 Å². The molecule has 2 rings (SSSR count). The number of nitrogens with one attached hydrogen (secondary N) is 2. The predicted octanol–water partition coefficient (Wildman–Crippen LogP) is 4.01. The fourth-order valence-corrected chi connectivity index (χ4v) is 3.79. The number of hydrogen-bond donors (Lipinski definition) is 2. The largest absolute Gasteiger partial charge is 0.465 e. The fourth-order valence-electron chi connectivity index (χ4n) is 2.16. The minimum Gasteiger partial charge on any atom is -0.465 e. The maximum atomic E-state index is 12.3. The zero-order valence-electron chi connectivity index (χ0n) is 14.7. The quantitative estimate of drug-likeness (QED) is 0.585. The van der Waals surface area contributed by atoms with Crippen molar-refractivity contribution in [2.75, 3.05) is 31.8 Å². The minimum atomic E-state index is -0.534. The average Bonchev–Trinajstić information content (AvgIpc) is 2.91. The van der Waals surface area contributed by atoms with Crippen LogP contribution in [0.15, 0.2) is 24.3 Å². The number of amides is 1. The summed E-state index contributed by atoms with van der Waals surface area (Å²) in [7, 11) is 4.60. The van der Waals surface area contributed by atoms with Crippen LogP contribution in [-0.2, 0) is 4.74 Å². The van der Waals surface area contributed by atoms with E-state index >= 15 is 0 Å². The van der Waals surface area contributed by atoms with Gasteiger partial charge in [-0.05, 0) is 49.0 Å². The van der Waals surface area contributed by atoms with Crippen molar-refractivity contribution >= 4 is 62.8 Å². The van der Waals surface area contributed by atoms with Crippen LogP contribution in [0.2, 0.25) is 5.02 Å². The number of halogens is 1. The number of esters is 1. The number of anilines is 2. The number of thiophene rings is 1. The molecular weight excluding hydrogens is 394 g/mol. The van der Waals surface area contributed by atoms with Crippen molar-refractivity contribution in [3.63, 3.8) is 0 Å². The van der Waals surface area contributed by atoms with Crippen molar-refractivity contribution in [1.29, 1.82) is 0 Å². The monoisotopic (exact) mass is 411 g/mol. The van der Waals surface area contributed by atoms with Crippen molar-refractivity contribution in [3.05, 3.63) is 45.3 Å². The molecule has 0 fully saturated rings. The number of ether oxygens (including phenoxy) is 1. The molecule has 0 saturated heterocycles. The first-order valence-corrected chi connectivity index (χ1v) is 9.11. The second-order valence-electron chi connectivity index (χ2n) is 5.54. The first-order chi connectivity index (χ1) is 12.2. The summed E-state index contributed by atoms with van der Waals surface area (Å²) in [6, 6.07) is 7.02. The van der Waals surface area contributed by atoms with Crippen LogP contribution in [0.1, 0.15) is 25.6 Å². The molecule has 2 N–H and O–H groups in total. The Balaban J connectivity index is 2.30. The molecule has 0 spiro atoms. The van der Waals surface area contributed by atoms with E-state index in [-0.39, 0.29) is 11.0 Å². The summed E-state index contributed by atoms with van der Waals surface area (Å²) in [6.45, 7) is 1.71. The van der Waals surface area contributed by atoms with Gasteiger partial charge in [0.2, 0.25) is 0 Å². The number of methoxy groups -OCH3 is 1. The van der Waals surface area contributed by atoms with Crippen LogP contribution < -0.4 is 10.6 Å². The lowest BCUT2D eigenvalue weighted by Gasteiger charge is -2.10. The highest BCUT2D eigenvalue weighted by molar-refractivity contribution is 7.80. The molecule has 138 valence electrons. The summed E-state index contributed by atoms with van der Waals surface area (Å²) < 4.78 is 4.85. The molecule has 26 heavy (non-hydrogen) atoms. The van der Waals surface area contributed by atoms with E-state index in [0.717, 1.165) is 17.0 Å². The van der Waals surface area contributed by atoms with Crippen molar-refractivity contribution in [1.82, 2.24) is 4.90 Å². The van der Waals surface area contributed by atoms with Crippen molar-refractivity contribution in [2.45, 2.75) is 6.92 Å². The van der Waals surface area contributed by atoms with Crippen molar-refractivity contribution < 1.29 is 14.3 Å². The summed E-state index contributed by atoms with van der Waals surface area (Å²) in [5, 5.41) is 7.33. The molecule has 0 radical (unpaired) electrons. The highest BCUT2D eigenvalue weighted by atomic mass is 35.5. The Morgan fingerprint density at radius 2 is 1.81 bits per heavy atom. The second-order valence-corrected chi connectivity index (χ2v) is 7.40. The highest BCUT2D eigenvalue weighted by Gasteiger charge is 2.26. The number of carbonyl (C=O) groups is 2. The lowest BCUT2D eigenvalue weighted by molar-refractivity contribution is 0.0601. The van der Waals surface area contributed by atoms with Gasteiger partial charge < -0.3 is 20.3 Å². The standard InChI is InChI=1S/C17H18ClN3O3S2/c1-9-12(16(23)24-4)14(26-13(9)15(22)21(2)3)20-17(25)19-11-7-5-10(18)6-8-11/h5-8H,1-4H3,(H2,19,20,25). The Hall–Kier alpha value is -2.16. The van der Waals surface area contributed by atoms with Crippen LogP contribution in [0.3, 0.4) is 0 Å². The number of carbonyl (C=O) groups excluding carboxylic acids is 2. The molecule has 9 heteroatoms. The van der Waals surface area contributed by atoms with Crippen LogP contribution in [0.5, 0.6) is 0 Å². The molecule has 1 aromatic heterocycles. The molecule has 0 aliphatic heterocycles. The molecule has 2 aromatic rings. The molecule has 0 aliphatic carbocycles. The van der Waals surface area contributed by atoms with E-state index in [2.05, 4.69) is 10.6 Å². The van der Waals surface area contributed by atoms with Gasteiger partial charge in [-0.25, -0.2) is 4.79 Å². The molecule has 0 unspecified atom stereocenters. The predicted molar refractivity (Wildman–Crippen MR) is 110 cm³/mol. The van der Waals surface area contributed by atoms with Crippen LogP contribution in [0, 0.1) is 6.92 Å². The van der Waals surface area contributed by atoms with Crippen LogP contribution in [0.4, 0.5) is 10.7 Å². The van der Waals surface area contributed by atoms with Crippen molar-refractivity contribution in [3.8, 4) is 0 Å². The first kappa shape index (κ1) is 20.2. The van der Waals surface area contributed by atoms with Gasteiger partial charge in [0.25, 0.3) is 5.91 Å². The first-order valence-electron chi connectivity index (χ1n) is 7.51. The number of nitrogens with zero attached hydrogens (tertiary/aromatic N) is 1. The van der Waals surface area contributed by atoms with E-state index in [0.29, 0.717) is 26.0 Å². The molecule has 1 heterocycles. The SMILES string of the molecule is COC(=O)c1c(NC(=S)Nc2ccc(Cl)cc2)sc(C(=O)N(C)C)c1C. The lowest BCUT2D eigenvalue weighted by Crippen LogP contribution is -2.21. The smallest absolute Gasteiger partial charge is 0.341 e. The molecule has 0 saturated carbocycles. The molecule has 0 aliphatic rings. The van der Waals surface area contributed by atoms with Gasteiger partial charge >= 0.3 is 5.97 Å². The van der Waals surface area contributed by atoms with E-state index in [1.54, 1.807) is 45.3 Å². The average molecular weight is 412 g/mol. The van der Waals surface area contributed by atoms with Gasteiger partial charge in [-0.2, -0.15) is 0 Å². The number of benzene rings is 1. The summed E-state index contributed by atoms with van der Waals surface area (Å²) >= 11 is 12.3. The molecule has 1 amide bonds. The van der Waals surface area contributed by atoms with Gasteiger partial charge in [-0.15, -0.1) is 11.3 Å². The molecule has 6 nitrogen and oxygen atoms in total. The molecule has 0 atom stereocenters. The number of hydrogen-bond acceptors (Lipinski definition) is 5. The Morgan fingerprint density at radius 1 is 1.19 bits per heavy atom. The van der Waals surface area contributed by atoms with Crippen LogP contribution >= 0.6 is 35.2 Å². The third-order valence-electron chi connectivity index (χ3n) is 3.47. The zero-order chi connectivity index (χ0) is 19.4. The second kappa shape index (κ2) is 8.48. The summed E-state index contributed by atoms with van der Waals surface area (Å²) in [4.78, 5) is 26.4. The maximum Gasteiger partial charge on any atom is 0.341 e. The Labute approximate surface area is 166 Å². The van der Waals surface area contributed by atoms with Gasteiger partial charge in [0, 0.05) is 24.8 Å². The van der Waals surface area contributed by atoms with E-state index in [9.17, 15) is 9.59 Å². The number of rotatable bonds is 4. The van der Waals surface area contributed by atoms with E-state index in [1.807, 2.05) is 0 Å². The summed E-state index contributed by atoms with van der Waals surface area (Å²) in [5.41, 5.74) is 1.59. The van der Waals surface area contributed by atoms with E-state index in [4.69, 9.17) is 28.6 Å². The third kappa shape index (κ3) is 4.51. The Bertz CT molecular complexity index is 848. The number of thiocarbonyl (C=S) groups is 1. The zero-order valence-corrected chi connectivity index (χ0v) is 17.1.